The zero-order valence-electron chi connectivity index (χ0n) is 16.9. The predicted molar refractivity (Wildman–Crippen MR) is 110 cm³/mol. The van der Waals surface area contributed by atoms with Crippen molar-refractivity contribution >= 4 is 5.91 Å². The molecule has 3 fully saturated rings. The number of carbonyl (C=O) groups excluding carboxylic acids is 1. The Morgan fingerprint density at radius 2 is 2.04 bits per heavy atom. The molecule has 2 saturated heterocycles. The molecular weight excluding hydrogens is 334 g/mol. The number of aryl methyl sites for hydroxylation is 1. The van der Waals surface area contributed by atoms with Gasteiger partial charge in [-0.1, -0.05) is 36.8 Å². The largest absolute Gasteiger partial charge is 0.342 e. The van der Waals surface area contributed by atoms with Crippen LogP contribution in [0, 0.1) is 24.7 Å². The minimum Gasteiger partial charge on any atom is -0.342 e. The molecule has 148 valence electrons. The molecule has 1 aromatic rings. The van der Waals surface area contributed by atoms with E-state index in [1.165, 1.54) is 24.0 Å². The maximum atomic E-state index is 12.9. The van der Waals surface area contributed by atoms with Crippen LogP contribution in [0.1, 0.15) is 56.1 Å². The lowest BCUT2D eigenvalue weighted by Crippen LogP contribution is -2.50. The van der Waals surface area contributed by atoms with Gasteiger partial charge in [0.1, 0.15) is 0 Å². The van der Waals surface area contributed by atoms with E-state index >= 15 is 0 Å². The average molecular weight is 370 g/mol. The number of hydrogen-bond donors (Lipinski definition) is 2. The number of likely N-dealkylation sites (tertiary alicyclic amines) is 1. The Hall–Kier alpha value is -1.39. The van der Waals surface area contributed by atoms with Gasteiger partial charge in [0.15, 0.2) is 0 Å². The number of nitrogens with zero attached hydrogens (tertiary/aromatic N) is 1. The van der Waals surface area contributed by atoms with Crippen molar-refractivity contribution in [2.45, 2.75) is 58.0 Å². The normalized spacial score (nSPS) is 31.7. The molecule has 0 spiro atoms. The first-order valence-corrected chi connectivity index (χ1v) is 10.9. The van der Waals surface area contributed by atoms with Gasteiger partial charge in [0.25, 0.3) is 0 Å². The molecule has 0 radical (unpaired) electrons. The number of nitrogens with one attached hydrogen (secondary N) is 2. The van der Waals surface area contributed by atoms with Crippen LogP contribution in [0.4, 0.5) is 0 Å². The van der Waals surface area contributed by atoms with E-state index in [1.807, 2.05) is 0 Å². The van der Waals surface area contributed by atoms with Crippen molar-refractivity contribution in [2.24, 2.45) is 17.8 Å². The number of carbonyl (C=O) groups is 1. The van der Waals surface area contributed by atoms with Crippen molar-refractivity contribution in [1.29, 1.82) is 0 Å². The number of benzene rings is 1. The quantitative estimate of drug-likeness (QED) is 0.837. The first kappa shape index (κ1) is 18.9. The second-order valence-corrected chi connectivity index (χ2v) is 9.18. The fourth-order valence-electron chi connectivity index (χ4n) is 4.81. The van der Waals surface area contributed by atoms with Gasteiger partial charge in [0, 0.05) is 19.0 Å². The van der Waals surface area contributed by atoms with Crippen LogP contribution in [0.3, 0.4) is 0 Å². The molecule has 4 heteroatoms. The number of amides is 1. The summed E-state index contributed by atoms with van der Waals surface area (Å²) in [6, 6.07) is 8.68. The minimum atomic E-state index is 0.231. The summed E-state index contributed by atoms with van der Waals surface area (Å²) in [7, 11) is 0. The maximum Gasteiger partial charge on any atom is 0.226 e. The van der Waals surface area contributed by atoms with E-state index in [9.17, 15) is 4.79 Å². The van der Waals surface area contributed by atoms with Gasteiger partial charge in [-0.25, -0.2) is 0 Å². The summed E-state index contributed by atoms with van der Waals surface area (Å²) in [5, 5.41) is 7.32. The Morgan fingerprint density at radius 1 is 1.22 bits per heavy atom. The monoisotopic (exact) mass is 369 g/mol. The first-order chi connectivity index (χ1) is 13.1. The molecule has 2 heterocycles. The highest BCUT2D eigenvalue weighted by atomic mass is 16.2. The number of rotatable bonds is 5. The molecule has 2 N–H and O–H groups in total. The highest BCUT2D eigenvalue weighted by molar-refractivity contribution is 5.83. The molecule has 4 nitrogen and oxygen atoms in total. The SMILES string of the molecule is Cc1cccc(C2CC2C(=O)N2CCC(CNC3CCC(C)CN3)CC2)c1. The average Bonchev–Trinajstić information content (AvgIpc) is 3.48. The summed E-state index contributed by atoms with van der Waals surface area (Å²) < 4.78 is 0. The van der Waals surface area contributed by atoms with E-state index in [4.69, 9.17) is 0 Å². The molecule has 0 bridgehead atoms. The van der Waals surface area contributed by atoms with E-state index in [0.717, 1.165) is 51.4 Å². The molecule has 0 aromatic heterocycles. The summed E-state index contributed by atoms with van der Waals surface area (Å²) >= 11 is 0. The summed E-state index contributed by atoms with van der Waals surface area (Å²) in [5.41, 5.74) is 2.64. The lowest BCUT2D eigenvalue weighted by atomic mass is 9.95. The molecule has 4 rings (SSSR count). The zero-order chi connectivity index (χ0) is 18.8. The van der Waals surface area contributed by atoms with Crippen molar-refractivity contribution in [2.75, 3.05) is 26.2 Å². The van der Waals surface area contributed by atoms with Crippen LogP contribution >= 0.6 is 0 Å². The summed E-state index contributed by atoms with van der Waals surface area (Å²) in [5.74, 6) is 2.60. The lowest BCUT2D eigenvalue weighted by molar-refractivity contribution is -0.134. The Kier molecular flexibility index (Phi) is 5.84. The number of piperidine rings is 2. The van der Waals surface area contributed by atoms with Crippen LogP contribution in [0.2, 0.25) is 0 Å². The minimum absolute atomic E-state index is 0.231. The second-order valence-electron chi connectivity index (χ2n) is 9.18. The van der Waals surface area contributed by atoms with Gasteiger partial charge >= 0.3 is 0 Å². The molecule has 4 unspecified atom stereocenters. The van der Waals surface area contributed by atoms with Crippen LogP contribution in [0.15, 0.2) is 24.3 Å². The van der Waals surface area contributed by atoms with Gasteiger partial charge in [0.05, 0.1) is 6.17 Å². The molecule has 2 aliphatic heterocycles. The van der Waals surface area contributed by atoms with Gasteiger partial charge in [-0.15, -0.1) is 0 Å². The van der Waals surface area contributed by atoms with Gasteiger partial charge in [-0.3, -0.25) is 4.79 Å². The number of hydrogen-bond acceptors (Lipinski definition) is 3. The second kappa shape index (κ2) is 8.32. The van der Waals surface area contributed by atoms with E-state index in [2.05, 4.69) is 53.6 Å². The van der Waals surface area contributed by atoms with Crippen LogP contribution < -0.4 is 10.6 Å². The standard InChI is InChI=1S/C23H35N3O/c1-16-4-3-5-19(12-16)20-13-21(20)23(27)26-10-8-18(9-11-26)15-25-22-7-6-17(2)14-24-22/h3-5,12,17-18,20-22,24-25H,6-11,13-15H2,1-2H3. The highest BCUT2D eigenvalue weighted by Gasteiger charge is 2.46. The Balaban J connectivity index is 1.19. The molecule has 1 saturated carbocycles. The van der Waals surface area contributed by atoms with Crippen LogP contribution in [0.25, 0.3) is 0 Å². The molecule has 1 aliphatic carbocycles. The molecule has 1 amide bonds. The Labute approximate surface area is 164 Å². The summed E-state index contributed by atoms with van der Waals surface area (Å²) in [6.45, 7) is 8.55. The predicted octanol–water partition coefficient (Wildman–Crippen LogP) is 3.27. The molecule has 27 heavy (non-hydrogen) atoms. The third-order valence-corrected chi connectivity index (χ3v) is 6.82. The lowest BCUT2D eigenvalue weighted by Gasteiger charge is -2.34. The van der Waals surface area contributed by atoms with E-state index < -0.39 is 0 Å². The van der Waals surface area contributed by atoms with Gasteiger partial charge in [-0.2, -0.15) is 0 Å². The van der Waals surface area contributed by atoms with Gasteiger partial charge in [0.2, 0.25) is 5.91 Å². The van der Waals surface area contributed by atoms with Crippen LogP contribution in [-0.2, 0) is 4.79 Å². The molecule has 4 atom stereocenters. The third-order valence-electron chi connectivity index (χ3n) is 6.82. The fraction of sp³-hybridized carbons (Fsp3) is 0.696. The van der Waals surface area contributed by atoms with Gasteiger partial charge < -0.3 is 15.5 Å². The maximum absolute atomic E-state index is 12.9. The summed E-state index contributed by atoms with van der Waals surface area (Å²) in [6.07, 6.45) is 6.37. The third kappa shape index (κ3) is 4.72. The molecule has 3 aliphatic rings. The first-order valence-electron chi connectivity index (χ1n) is 10.9. The van der Waals surface area contributed by atoms with Crippen LogP contribution in [-0.4, -0.2) is 43.2 Å². The van der Waals surface area contributed by atoms with E-state index in [-0.39, 0.29) is 5.92 Å². The molecule has 1 aromatic carbocycles. The molecular formula is C23H35N3O. The van der Waals surface area contributed by atoms with E-state index in [0.29, 0.717) is 23.9 Å². The fourth-order valence-corrected chi connectivity index (χ4v) is 4.81. The van der Waals surface area contributed by atoms with Crippen molar-refractivity contribution in [3.05, 3.63) is 35.4 Å². The van der Waals surface area contributed by atoms with Crippen molar-refractivity contribution < 1.29 is 4.79 Å². The van der Waals surface area contributed by atoms with Crippen molar-refractivity contribution in [3.63, 3.8) is 0 Å². The Bertz CT molecular complexity index is 645. The van der Waals surface area contributed by atoms with E-state index in [1.54, 1.807) is 0 Å². The highest BCUT2D eigenvalue weighted by Crippen LogP contribution is 2.48. The Morgan fingerprint density at radius 3 is 2.74 bits per heavy atom. The van der Waals surface area contributed by atoms with Gasteiger partial charge in [-0.05, 0) is 75.4 Å². The smallest absolute Gasteiger partial charge is 0.226 e. The van der Waals surface area contributed by atoms with Crippen molar-refractivity contribution in [3.8, 4) is 0 Å². The van der Waals surface area contributed by atoms with Crippen molar-refractivity contribution in [1.82, 2.24) is 15.5 Å². The summed E-state index contributed by atoms with van der Waals surface area (Å²) in [4.78, 5) is 15.0. The van der Waals surface area contributed by atoms with Crippen LogP contribution in [0.5, 0.6) is 0 Å². The topological polar surface area (TPSA) is 44.4 Å². The zero-order valence-corrected chi connectivity index (χ0v) is 16.9.